The van der Waals surface area contributed by atoms with Crippen LogP contribution in [0.3, 0.4) is 0 Å². The van der Waals surface area contributed by atoms with Crippen LogP contribution in [0.4, 0.5) is 10.1 Å². The molecule has 1 atom stereocenters. The van der Waals surface area contributed by atoms with Crippen LogP contribution >= 0.6 is 0 Å². The van der Waals surface area contributed by atoms with Crippen molar-refractivity contribution in [1.82, 2.24) is 4.90 Å². The van der Waals surface area contributed by atoms with E-state index in [-0.39, 0.29) is 17.8 Å². The molecule has 1 saturated heterocycles. The lowest BCUT2D eigenvalue weighted by atomic mass is 10.1. The summed E-state index contributed by atoms with van der Waals surface area (Å²) in [6.45, 7) is 4.25. The maximum Gasteiger partial charge on any atom is 0.224 e. The highest BCUT2D eigenvalue weighted by molar-refractivity contribution is 5.77. The van der Waals surface area contributed by atoms with Crippen LogP contribution in [0.5, 0.6) is 0 Å². The van der Waals surface area contributed by atoms with E-state index in [1.807, 2.05) is 36.1 Å². The highest BCUT2D eigenvalue weighted by Crippen LogP contribution is 2.23. The van der Waals surface area contributed by atoms with Gasteiger partial charge in [0.05, 0.1) is 13.2 Å². The molecule has 0 bridgehead atoms. The van der Waals surface area contributed by atoms with Crippen molar-refractivity contribution in [3.8, 4) is 0 Å². The third kappa shape index (κ3) is 4.57. The van der Waals surface area contributed by atoms with Gasteiger partial charge in [0.1, 0.15) is 11.9 Å². The first kappa shape index (κ1) is 17.4. The van der Waals surface area contributed by atoms with Gasteiger partial charge in [-0.25, -0.2) is 4.39 Å². The van der Waals surface area contributed by atoms with Crippen molar-refractivity contribution in [2.75, 3.05) is 31.6 Å². The fourth-order valence-electron chi connectivity index (χ4n) is 2.99. The topological polar surface area (TPSA) is 41.6 Å². The summed E-state index contributed by atoms with van der Waals surface area (Å²) in [5.74, 6) is -0.161. The maximum absolute atomic E-state index is 13.1. The zero-order valence-electron chi connectivity index (χ0n) is 14.4. The van der Waals surface area contributed by atoms with Gasteiger partial charge >= 0.3 is 0 Å². The van der Waals surface area contributed by atoms with E-state index >= 15 is 0 Å². The summed E-state index contributed by atoms with van der Waals surface area (Å²) in [6.07, 6.45) is 0.243. The van der Waals surface area contributed by atoms with Gasteiger partial charge < -0.3 is 15.0 Å². The van der Waals surface area contributed by atoms with Crippen molar-refractivity contribution in [2.24, 2.45) is 0 Å². The van der Waals surface area contributed by atoms with Crippen LogP contribution < -0.4 is 5.32 Å². The largest absolute Gasteiger partial charge is 0.384 e. The van der Waals surface area contributed by atoms with Crippen LogP contribution in [0.1, 0.15) is 23.7 Å². The molecule has 0 spiro atoms. The molecule has 4 nitrogen and oxygen atoms in total. The molecule has 5 heteroatoms. The lowest BCUT2D eigenvalue weighted by Crippen LogP contribution is -2.42. The van der Waals surface area contributed by atoms with Crippen molar-refractivity contribution < 1.29 is 13.9 Å². The monoisotopic (exact) mass is 342 g/mol. The van der Waals surface area contributed by atoms with Crippen molar-refractivity contribution in [3.05, 3.63) is 65.5 Å². The van der Waals surface area contributed by atoms with E-state index in [9.17, 15) is 9.18 Å². The van der Waals surface area contributed by atoms with Gasteiger partial charge in [0.15, 0.2) is 0 Å². The van der Waals surface area contributed by atoms with E-state index in [0.717, 1.165) is 16.8 Å². The molecule has 0 radical (unpaired) electrons. The van der Waals surface area contributed by atoms with E-state index in [0.29, 0.717) is 32.7 Å². The first-order valence-electron chi connectivity index (χ1n) is 8.58. The lowest BCUT2D eigenvalue weighted by molar-refractivity contribution is -0.138. The Balaban J connectivity index is 1.51. The highest BCUT2D eigenvalue weighted by Gasteiger charge is 2.25. The Kier molecular flexibility index (Phi) is 5.66. The Hall–Kier alpha value is -2.40. The molecule has 1 N–H and O–H groups in total. The quantitative estimate of drug-likeness (QED) is 0.904. The third-order valence-electron chi connectivity index (χ3n) is 4.46. The minimum absolute atomic E-state index is 0.108. The number of hydrogen-bond acceptors (Lipinski definition) is 3. The Labute approximate surface area is 147 Å². The number of aryl methyl sites for hydroxylation is 1. The SMILES string of the molecule is Cc1ccccc1NCCC(=O)N1CCO[C@H](c2ccc(F)cc2)C1. The first-order valence-corrected chi connectivity index (χ1v) is 8.58. The number of morpholine rings is 1. The predicted molar refractivity (Wildman–Crippen MR) is 96.0 cm³/mol. The Bertz CT molecular complexity index is 718. The van der Waals surface area contributed by atoms with Crippen LogP contribution in [-0.4, -0.2) is 37.0 Å². The molecule has 25 heavy (non-hydrogen) atoms. The van der Waals surface area contributed by atoms with Crippen molar-refractivity contribution in [2.45, 2.75) is 19.4 Å². The number of nitrogens with zero attached hydrogens (tertiary/aromatic N) is 1. The number of hydrogen-bond donors (Lipinski definition) is 1. The van der Waals surface area contributed by atoms with Gasteiger partial charge in [-0.15, -0.1) is 0 Å². The fraction of sp³-hybridized carbons (Fsp3) is 0.350. The van der Waals surface area contributed by atoms with Crippen LogP contribution in [-0.2, 0) is 9.53 Å². The van der Waals surface area contributed by atoms with Crippen LogP contribution in [0.25, 0.3) is 0 Å². The highest BCUT2D eigenvalue weighted by atomic mass is 19.1. The second-order valence-electron chi connectivity index (χ2n) is 6.24. The van der Waals surface area contributed by atoms with E-state index < -0.39 is 0 Å². The minimum Gasteiger partial charge on any atom is -0.384 e. The number of anilines is 1. The summed E-state index contributed by atoms with van der Waals surface area (Å²) in [5.41, 5.74) is 3.12. The van der Waals surface area contributed by atoms with E-state index in [1.165, 1.54) is 12.1 Å². The number of halogens is 1. The Morgan fingerprint density at radius 1 is 1.24 bits per heavy atom. The lowest BCUT2D eigenvalue weighted by Gasteiger charge is -2.33. The normalized spacial score (nSPS) is 17.4. The Morgan fingerprint density at radius 3 is 2.76 bits per heavy atom. The smallest absolute Gasteiger partial charge is 0.224 e. The van der Waals surface area contributed by atoms with Gasteiger partial charge in [0.2, 0.25) is 5.91 Å². The predicted octanol–water partition coefficient (Wildman–Crippen LogP) is 3.54. The molecular formula is C20H23FN2O2. The first-order chi connectivity index (χ1) is 12.1. The van der Waals surface area contributed by atoms with Gasteiger partial charge in [-0.1, -0.05) is 30.3 Å². The minimum atomic E-state index is -0.269. The molecule has 0 unspecified atom stereocenters. The number of rotatable bonds is 5. The molecular weight excluding hydrogens is 319 g/mol. The van der Waals surface area contributed by atoms with Gasteiger partial charge in [-0.3, -0.25) is 4.79 Å². The molecule has 0 aromatic heterocycles. The second-order valence-corrected chi connectivity index (χ2v) is 6.24. The number of amides is 1. The average molecular weight is 342 g/mol. The molecule has 1 amide bonds. The van der Waals surface area contributed by atoms with Crippen LogP contribution in [0, 0.1) is 12.7 Å². The van der Waals surface area contributed by atoms with E-state index in [4.69, 9.17) is 4.74 Å². The number of ether oxygens (including phenoxy) is 1. The number of carbonyl (C=O) groups is 1. The van der Waals surface area contributed by atoms with Gasteiger partial charge in [0.25, 0.3) is 0 Å². The second kappa shape index (κ2) is 8.12. The standard InChI is InChI=1S/C20H23FN2O2/c1-15-4-2-3-5-18(15)22-11-10-20(24)23-12-13-25-19(14-23)16-6-8-17(21)9-7-16/h2-9,19,22H,10-14H2,1H3/t19-/m0/s1. The van der Waals surface area contributed by atoms with Crippen LogP contribution in [0.15, 0.2) is 48.5 Å². The average Bonchev–Trinajstić information content (AvgIpc) is 2.64. The molecule has 2 aromatic carbocycles. The summed E-state index contributed by atoms with van der Waals surface area (Å²) in [7, 11) is 0. The van der Waals surface area contributed by atoms with E-state index in [2.05, 4.69) is 5.32 Å². The maximum atomic E-state index is 13.1. The third-order valence-corrected chi connectivity index (χ3v) is 4.46. The number of para-hydroxylation sites is 1. The van der Waals surface area contributed by atoms with E-state index in [1.54, 1.807) is 12.1 Å². The summed E-state index contributed by atoms with van der Waals surface area (Å²) >= 11 is 0. The number of benzene rings is 2. The van der Waals surface area contributed by atoms with Gasteiger partial charge in [-0.2, -0.15) is 0 Å². The fourth-order valence-corrected chi connectivity index (χ4v) is 2.99. The summed E-state index contributed by atoms with van der Waals surface area (Å²) in [5, 5.41) is 3.31. The molecule has 1 heterocycles. The molecule has 0 aliphatic carbocycles. The van der Waals surface area contributed by atoms with Crippen LogP contribution in [0.2, 0.25) is 0 Å². The molecule has 132 valence electrons. The van der Waals surface area contributed by atoms with Crippen molar-refractivity contribution in [1.29, 1.82) is 0 Å². The Morgan fingerprint density at radius 2 is 2.00 bits per heavy atom. The molecule has 1 aliphatic heterocycles. The summed E-state index contributed by atoms with van der Waals surface area (Å²) in [6, 6.07) is 14.3. The summed E-state index contributed by atoms with van der Waals surface area (Å²) in [4.78, 5) is 14.3. The zero-order chi connectivity index (χ0) is 17.6. The summed E-state index contributed by atoms with van der Waals surface area (Å²) < 4.78 is 18.8. The van der Waals surface area contributed by atoms with Gasteiger partial charge in [0, 0.05) is 25.2 Å². The van der Waals surface area contributed by atoms with Gasteiger partial charge in [-0.05, 0) is 36.2 Å². The molecule has 2 aromatic rings. The number of nitrogens with one attached hydrogen (secondary N) is 1. The molecule has 0 saturated carbocycles. The zero-order valence-corrected chi connectivity index (χ0v) is 14.4. The number of carbonyl (C=O) groups excluding carboxylic acids is 1. The van der Waals surface area contributed by atoms with Crippen molar-refractivity contribution >= 4 is 11.6 Å². The van der Waals surface area contributed by atoms with Crippen molar-refractivity contribution in [3.63, 3.8) is 0 Å². The molecule has 1 aliphatic rings. The molecule has 1 fully saturated rings. The molecule has 3 rings (SSSR count).